The van der Waals surface area contributed by atoms with Gasteiger partial charge in [0.15, 0.2) is 11.5 Å². The summed E-state index contributed by atoms with van der Waals surface area (Å²) in [4.78, 5) is 0. The molecule has 20 heavy (non-hydrogen) atoms. The molecule has 104 valence electrons. The molecule has 0 aliphatic heterocycles. The number of fused-ring (bicyclic) bond motifs is 1. The van der Waals surface area contributed by atoms with Gasteiger partial charge in [0.2, 0.25) is 0 Å². The molecule has 2 aromatic rings. The third-order valence-electron chi connectivity index (χ3n) is 4.08. The van der Waals surface area contributed by atoms with Crippen molar-refractivity contribution in [3.8, 4) is 11.5 Å². The lowest BCUT2D eigenvalue weighted by molar-refractivity contribution is 0.0826. The minimum absolute atomic E-state index is 0.641. The monoisotopic (exact) mass is 270 g/mol. The maximum absolute atomic E-state index is 11.1. The number of aliphatic hydroxyl groups is 1. The van der Waals surface area contributed by atoms with Gasteiger partial charge in [-0.3, -0.25) is 0 Å². The Morgan fingerprint density at radius 2 is 1.75 bits per heavy atom. The molecule has 1 N–H and O–H groups in total. The molecule has 0 saturated carbocycles. The number of ether oxygens (including phenoxy) is 2. The number of hydrogen-bond acceptors (Lipinski definition) is 3. The van der Waals surface area contributed by atoms with Gasteiger partial charge in [-0.1, -0.05) is 30.3 Å². The molecule has 2 aromatic carbocycles. The standard InChI is InChI=1S/C17H18O3/c1-19-15-8-7-13(11-16(15)20-2)17(18)10-9-12-5-3-4-6-14(12)17/h3-8,11,18H,9-10H2,1-2H3. The molecule has 0 bridgehead atoms. The lowest BCUT2D eigenvalue weighted by atomic mass is 9.88. The molecule has 1 aliphatic rings. The first kappa shape index (κ1) is 13.0. The van der Waals surface area contributed by atoms with Crippen LogP contribution < -0.4 is 9.47 Å². The fourth-order valence-electron chi connectivity index (χ4n) is 2.99. The van der Waals surface area contributed by atoms with E-state index in [1.807, 2.05) is 36.4 Å². The SMILES string of the molecule is COc1ccc(C2(O)CCc3ccccc32)cc1OC. The van der Waals surface area contributed by atoms with Crippen molar-refractivity contribution in [2.45, 2.75) is 18.4 Å². The molecular weight excluding hydrogens is 252 g/mol. The zero-order chi connectivity index (χ0) is 14.2. The summed E-state index contributed by atoms with van der Waals surface area (Å²) in [5.74, 6) is 1.31. The summed E-state index contributed by atoms with van der Waals surface area (Å²) in [5.41, 5.74) is 2.12. The molecule has 1 atom stereocenters. The summed E-state index contributed by atoms with van der Waals surface area (Å²) in [7, 11) is 3.21. The number of methoxy groups -OCH3 is 2. The van der Waals surface area contributed by atoms with E-state index in [1.54, 1.807) is 14.2 Å². The fraction of sp³-hybridized carbons (Fsp3) is 0.294. The lowest BCUT2D eigenvalue weighted by Crippen LogP contribution is -2.23. The summed E-state index contributed by atoms with van der Waals surface area (Å²) in [6, 6.07) is 13.7. The first-order valence-corrected chi connectivity index (χ1v) is 6.72. The first-order valence-electron chi connectivity index (χ1n) is 6.72. The van der Waals surface area contributed by atoms with Gasteiger partial charge in [-0.05, 0) is 41.7 Å². The summed E-state index contributed by atoms with van der Waals surface area (Å²) in [6.45, 7) is 0. The minimum Gasteiger partial charge on any atom is -0.493 e. The summed E-state index contributed by atoms with van der Waals surface area (Å²) in [5, 5.41) is 11.1. The van der Waals surface area contributed by atoms with Gasteiger partial charge < -0.3 is 14.6 Å². The van der Waals surface area contributed by atoms with Gasteiger partial charge in [0, 0.05) is 0 Å². The Morgan fingerprint density at radius 3 is 2.50 bits per heavy atom. The van der Waals surface area contributed by atoms with Crippen LogP contribution in [0.5, 0.6) is 11.5 Å². The molecule has 3 nitrogen and oxygen atoms in total. The van der Waals surface area contributed by atoms with Crippen molar-refractivity contribution in [1.29, 1.82) is 0 Å². The van der Waals surface area contributed by atoms with E-state index in [-0.39, 0.29) is 0 Å². The van der Waals surface area contributed by atoms with Crippen LogP contribution in [0.3, 0.4) is 0 Å². The Kier molecular flexibility index (Phi) is 3.14. The van der Waals surface area contributed by atoms with Crippen LogP contribution in [-0.2, 0) is 12.0 Å². The van der Waals surface area contributed by atoms with Crippen LogP contribution in [0.15, 0.2) is 42.5 Å². The Bertz CT molecular complexity index is 636. The van der Waals surface area contributed by atoms with Crippen molar-refractivity contribution < 1.29 is 14.6 Å². The molecule has 1 unspecified atom stereocenters. The first-order chi connectivity index (χ1) is 9.69. The molecule has 3 rings (SSSR count). The van der Waals surface area contributed by atoms with Crippen molar-refractivity contribution in [3.05, 3.63) is 59.2 Å². The Labute approximate surface area is 118 Å². The third kappa shape index (κ3) is 1.86. The molecule has 0 heterocycles. The lowest BCUT2D eigenvalue weighted by Gasteiger charge is -2.25. The molecule has 0 spiro atoms. The van der Waals surface area contributed by atoms with Gasteiger partial charge in [-0.2, -0.15) is 0 Å². The van der Waals surface area contributed by atoms with E-state index in [1.165, 1.54) is 5.56 Å². The van der Waals surface area contributed by atoms with Crippen LogP contribution in [0.4, 0.5) is 0 Å². The van der Waals surface area contributed by atoms with Crippen molar-refractivity contribution in [2.75, 3.05) is 14.2 Å². The maximum Gasteiger partial charge on any atom is 0.161 e. The van der Waals surface area contributed by atoms with Gasteiger partial charge >= 0.3 is 0 Å². The van der Waals surface area contributed by atoms with Crippen LogP contribution in [0.2, 0.25) is 0 Å². The quantitative estimate of drug-likeness (QED) is 0.932. The summed E-state index contributed by atoms with van der Waals surface area (Å²) < 4.78 is 10.6. The van der Waals surface area contributed by atoms with Crippen LogP contribution in [0.1, 0.15) is 23.1 Å². The molecule has 1 aliphatic carbocycles. The van der Waals surface area contributed by atoms with E-state index in [0.717, 1.165) is 17.5 Å². The van der Waals surface area contributed by atoms with E-state index in [0.29, 0.717) is 17.9 Å². The van der Waals surface area contributed by atoms with Gasteiger partial charge in [0.05, 0.1) is 14.2 Å². The maximum atomic E-state index is 11.1. The van der Waals surface area contributed by atoms with Gasteiger partial charge in [-0.15, -0.1) is 0 Å². The number of benzene rings is 2. The average Bonchev–Trinajstić information content (AvgIpc) is 2.85. The van der Waals surface area contributed by atoms with Crippen molar-refractivity contribution >= 4 is 0 Å². The molecular formula is C17H18O3. The van der Waals surface area contributed by atoms with Crippen LogP contribution in [0, 0.1) is 0 Å². The second kappa shape index (κ2) is 4.84. The van der Waals surface area contributed by atoms with Gasteiger partial charge in [0.1, 0.15) is 5.60 Å². The van der Waals surface area contributed by atoms with Crippen molar-refractivity contribution in [1.82, 2.24) is 0 Å². The highest BCUT2D eigenvalue weighted by molar-refractivity contribution is 5.50. The Hall–Kier alpha value is -2.00. The van der Waals surface area contributed by atoms with Crippen molar-refractivity contribution in [2.24, 2.45) is 0 Å². The second-order valence-electron chi connectivity index (χ2n) is 5.09. The van der Waals surface area contributed by atoms with Crippen LogP contribution in [-0.4, -0.2) is 19.3 Å². The highest BCUT2D eigenvalue weighted by Crippen LogP contribution is 2.43. The molecule has 0 saturated heterocycles. The number of aryl methyl sites for hydroxylation is 1. The van der Waals surface area contributed by atoms with Crippen LogP contribution in [0.25, 0.3) is 0 Å². The third-order valence-corrected chi connectivity index (χ3v) is 4.08. The zero-order valence-electron chi connectivity index (χ0n) is 11.7. The van der Waals surface area contributed by atoms with Gasteiger partial charge in [0.25, 0.3) is 0 Å². The van der Waals surface area contributed by atoms with E-state index in [4.69, 9.17) is 9.47 Å². The van der Waals surface area contributed by atoms with Crippen LogP contribution >= 0.6 is 0 Å². The summed E-state index contributed by atoms with van der Waals surface area (Å²) >= 11 is 0. The Morgan fingerprint density at radius 1 is 1.00 bits per heavy atom. The molecule has 0 fully saturated rings. The van der Waals surface area contributed by atoms with E-state index >= 15 is 0 Å². The van der Waals surface area contributed by atoms with E-state index in [2.05, 4.69) is 6.07 Å². The molecule has 0 aromatic heterocycles. The highest BCUT2D eigenvalue weighted by atomic mass is 16.5. The predicted molar refractivity (Wildman–Crippen MR) is 77.3 cm³/mol. The summed E-state index contributed by atoms with van der Waals surface area (Å²) in [6.07, 6.45) is 1.59. The minimum atomic E-state index is -0.934. The highest BCUT2D eigenvalue weighted by Gasteiger charge is 2.38. The smallest absolute Gasteiger partial charge is 0.161 e. The molecule has 3 heteroatoms. The Balaban J connectivity index is 2.10. The number of rotatable bonds is 3. The van der Waals surface area contributed by atoms with E-state index < -0.39 is 5.60 Å². The molecule has 0 radical (unpaired) electrons. The predicted octanol–water partition coefficient (Wildman–Crippen LogP) is 2.89. The topological polar surface area (TPSA) is 38.7 Å². The zero-order valence-corrected chi connectivity index (χ0v) is 11.7. The van der Waals surface area contributed by atoms with E-state index in [9.17, 15) is 5.11 Å². The average molecular weight is 270 g/mol. The molecule has 0 amide bonds. The van der Waals surface area contributed by atoms with Crippen molar-refractivity contribution in [3.63, 3.8) is 0 Å². The second-order valence-corrected chi connectivity index (χ2v) is 5.09. The van der Waals surface area contributed by atoms with Gasteiger partial charge in [-0.25, -0.2) is 0 Å². The number of hydrogen-bond donors (Lipinski definition) is 1. The largest absolute Gasteiger partial charge is 0.493 e. The normalized spacial score (nSPS) is 20.6. The fourth-order valence-corrected chi connectivity index (χ4v) is 2.99.